The number of methoxy groups -OCH3 is 1. The van der Waals surface area contributed by atoms with Crippen molar-refractivity contribution in [3.05, 3.63) is 11.6 Å². The van der Waals surface area contributed by atoms with Crippen LogP contribution in [0.15, 0.2) is 11.6 Å². The molecule has 0 amide bonds. The minimum atomic E-state index is -0.609. The average molecular weight is 494 g/mol. The van der Waals surface area contributed by atoms with E-state index in [-0.39, 0.29) is 62.9 Å². The van der Waals surface area contributed by atoms with Crippen LogP contribution in [0.1, 0.15) is 92.9 Å². The van der Waals surface area contributed by atoms with Crippen molar-refractivity contribution in [2.75, 3.05) is 7.11 Å². The monoisotopic (exact) mass is 493 g/mol. The van der Waals surface area contributed by atoms with Crippen LogP contribution >= 0.6 is 0 Å². The fraction of sp³-hybridized carbons (Fsp3) is 0.806. The van der Waals surface area contributed by atoms with Crippen molar-refractivity contribution >= 4 is 17.5 Å². The van der Waals surface area contributed by atoms with E-state index in [0.29, 0.717) is 6.42 Å². The van der Waals surface area contributed by atoms with Gasteiger partial charge in [-0.3, -0.25) is 14.4 Å². The van der Waals surface area contributed by atoms with Gasteiger partial charge in [0.05, 0.1) is 18.6 Å². The van der Waals surface area contributed by atoms with E-state index in [0.717, 1.165) is 44.9 Å². The third kappa shape index (κ3) is 3.02. The molecule has 5 heteroatoms. The van der Waals surface area contributed by atoms with Gasteiger partial charge >= 0.3 is 5.97 Å². The molecule has 0 aliphatic heterocycles. The molecule has 4 fully saturated rings. The van der Waals surface area contributed by atoms with Crippen molar-refractivity contribution in [1.82, 2.24) is 0 Å². The molecule has 5 rings (SSSR count). The second-order valence-electron chi connectivity index (χ2n) is 14.4. The van der Waals surface area contributed by atoms with Crippen molar-refractivity contribution in [3.8, 4) is 6.07 Å². The highest BCUT2D eigenvalue weighted by Gasteiger charge is 2.70. The number of hydrogen-bond donors (Lipinski definition) is 0. The third-order valence-corrected chi connectivity index (χ3v) is 12.5. The van der Waals surface area contributed by atoms with Crippen molar-refractivity contribution in [2.45, 2.75) is 92.9 Å². The largest absolute Gasteiger partial charge is 0.469 e. The maximum atomic E-state index is 14.3. The highest BCUT2D eigenvalue weighted by Crippen LogP contribution is 2.74. The number of nitriles is 1. The summed E-state index contributed by atoms with van der Waals surface area (Å²) in [6.45, 7) is 13.4. The quantitative estimate of drug-likeness (QED) is 0.414. The van der Waals surface area contributed by atoms with Gasteiger partial charge in [-0.2, -0.15) is 5.26 Å². The lowest BCUT2D eigenvalue weighted by Gasteiger charge is -2.68. The van der Waals surface area contributed by atoms with Gasteiger partial charge < -0.3 is 4.74 Å². The Bertz CT molecular complexity index is 1100. The number of hydrogen-bond acceptors (Lipinski definition) is 5. The van der Waals surface area contributed by atoms with Crippen LogP contribution in [-0.4, -0.2) is 24.6 Å². The molecule has 196 valence electrons. The van der Waals surface area contributed by atoms with E-state index in [4.69, 9.17) is 4.74 Å². The highest BCUT2D eigenvalue weighted by molar-refractivity contribution is 5.96. The van der Waals surface area contributed by atoms with E-state index in [2.05, 4.69) is 40.7 Å². The second-order valence-corrected chi connectivity index (χ2v) is 14.4. The number of ether oxygens (including phenoxy) is 1. The molecule has 5 nitrogen and oxygen atoms in total. The van der Waals surface area contributed by atoms with Crippen molar-refractivity contribution in [3.63, 3.8) is 0 Å². The first-order valence-electron chi connectivity index (χ1n) is 14.0. The van der Waals surface area contributed by atoms with Gasteiger partial charge in [-0.05, 0) is 90.9 Å². The Morgan fingerprint density at radius 3 is 2.31 bits per heavy atom. The van der Waals surface area contributed by atoms with E-state index in [9.17, 15) is 19.6 Å². The normalized spacial score (nSPS) is 49.4. The van der Waals surface area contributed by atoms with E-state index >= 15 is 0 Å². The minimum absolute atomic E-state index is 0.0289. The third-order valence-electron chi connectivity index (χ3n) is 12.5. The maximum Gasteiger partial charge on any atom is 0.312 e. The van der Waals surface area contributed by atoms with Gasteiger partial charge in [0.15, 0.2) is 11.6 Å². The molecule has 36 heavy (non-hydrogen) atoms. The van der Waals surface area contributed by atoms with Crippen LogP contribution in [0.3, 0.4) is 0 Å². The van der Waals surface area contributed by atoms with Gasteiger partial charge in [-0.15, -0.1) is 0 Å². The number of allylic oxidation sites excluding steroid dienone is 2. The average Bonchev–Trinajstić information content (AvgIpc) is 2.82. The topological polar surface area (TPSA) is 84.2 Å². The van der Waals surface area contributed by atoms with Crippen molar-refractivity contribution in [1.29, 1.82) is 5.26 Å². The number of esters is 1. The number of ketones is 2. The Morgan fingerprint density at radius 2 is 1.67 bits per heavy atom. The Kier molecular flexibility index (Phi) is 5.55. The molecular formula is C31H43NO4. The zero-order valence-corrected chi connectivity index (χ0v) is 23.2. The molecule has 0 bridgehead atoms. The summed E-state index contributed by atoms with van der Waals surface area (Å²) in [5.41, 5.74) is -0.146. The molecule has 0 N–H and O–H groups in total. The predicted molar refractivity (Wildman–Crippen MR) is 136 cm³/mol. The molecule has 0 spiro atoms. The summed E-state index contributed by atoms with van der Waals surface area (Å²) in [6.07, 6.45) is 8.51. The molecule has 0 aromatic rings. The molecule has 5 aliphatic rings. The zero-order chi connectivity index (χ0) is 26.5. The molecule has 0 aromatic carbocycles. The van der Waals surface area contributed by atoms with Gasteiger partial charge in [0, 0.05) is 11.8 Å². The Balaban J connectivity index is 1.66. The number of carbonyl (C=O) groups is 3. The number of nitrogens with zero attached hydrogens (tertiary/aromatic N) is 1. The van der Waals surface area contributed by atoms with Gasteiger partial charge in [-0.25, -0.2) is 0 Å². The smallest absolute Gasteiger partial charge is 0.312 e. The van der Waals surface area contributed by atoms with Gasteiger partial charge in [0.25, 0.3) is 0 Å². The molecule has 9 atom stereocenters. The highest BCUT2D eigenvalue weighted by atomic mass is 16.5. The summed E-state index contributed by atoms with van der Waals surface area (Å²) in [6, 6.07) is 2.28. The second kappa shape index (κ2) is 7.78. The number of carbonyl (C=O) groups excluding carboxylic acids is 3. The summed E-state index contributed by atoms with van der Waals surface area (Å²) >= 11 is 0. The molecule has 4 saturated carbocycles. The molecule has 5 aliphatic carbocycles. The van der Waals surface area contributed by atoms with E-state index < -0.39 is 11.3 Å². The first-order valence-corrected chi connectivity index (χ1v) is 14.0. The maximum absolute atomic E-state index is 14.3. The number of fused-ring (bicyclic) bond motifs is 7. The van der Waals surface area contributed by atoms with E-state index in [1.165, 1.54) is 12.7 Å². The first-order chi connectivity index (χ1) is 16.7. The van der Waals surface area contributed by atoms with Gasteiger partial charge in [0.1, 0.15) is 5.92 Å². The lowest BCUT2D eigenvalue weighted by Crippen LogP contribution is -2.65. The van der Waals surface area contributed by atoms with Gasteiger partial charge in [-0.1, -0.05) is 47.1 Å². The Labute approximate surface area is 216 Å². The van der Waals surface area contributed by atoms with Crippen LogP contribution in [0.2, 0.25) is 0 Å². The molecule has 0 radical (unpaired) electrons. The van der Waals surface area contributed by atoms with Crippen molar-refractivity contribution < 1.29 is 19.1 Å². The number of rotatable bonds is 1. The summed E-state index contributed by atoms with van der Waals surface area (Å²) in [4.78, 5) is 40.6. The van der Waals surface area contributed by atoms with Crippen LogP contribution in [0.5, 0.6) is 0 Å². The van der Waals surface area contributed by atoms with E-state index in [1.807, 2.05) is 13.0 Å². The summed E-state index contributed by atoms with van der Waals surface area (Å²) in [5, 5.41) is 9.82. The minimum Gasteiger partial charge on any atom is -0.469 e. The lowest BCUT2D eigenvalue weighted by molar-refractivity contribution is -0.191. The molecule has 0 aromatic heterocycles. The van der Waals surface area contributed by atoms with E-state index in [1.54, 1.807) is 0 Å². The number of Topliss-reactive ketones (excluding diaryl/α,β-unsaturated/α-hetero) is 1. The van der Waals surface area contributed by atoms with Crippen molar-refractivity contribution in [2.24, 2.45) is 56.7 Å². The van der Waals surface area contributed by atoms with Gasteiger partial charge in [0.2, 0.25) is 0 Å². The standard InChI is InChI=1S/C31H43NO4/c1-18-20-8-9-29(5)23(28(20,4)15-19(17-32)25(18)34)14-22(33)24-21-16-27(2,3)10-12-31(21,26(35)36-7)13-11-30(24,29)6/h14,18-21,24H,8-13,15-16H2,1-7H3/t18-,19?,20-,21?,24?,28-,29+,30+,31-/m0/s1. The molecule has 0 saturated heterocycles. The van der Waals surface area contributed by atoms with Crippen LogP contribution in [0.25, 0.3) is 0 Å². The fourth-order valence-electron chi connectivity index (χ4n) is 10.2. The molecule has 3 unspecified atom stereocenters. The predicted octanol–water partition coefficient (Wildman–Crippen LogP) is 6.07. The van der Waals surface area contributed by atoms with Crippen LogP contribution < -0.4 is 0 Å². The Hall–Kier alpha value is -1.96. The van der Waals surface area contributed by atoms with Crippen LogP contribution in [-0.2, 0) is 19.1 Å². The lowest BCUT2D eigenvalue weighted by atomic mass is 9.34. The van der Waals surface area contributed by atoms with Crippen LogP contribution in [0.4, 0.5) is 0 Å². The molecular weight excluding hydrogens is 450 g/mol. The zero-order valence-electron chi connectivity index (χ0n) is 23.2. The summed E-state index contributed by atoms with van der Waals surface area (Å²) in [7, 11) is 1.49. The summed E-state index contributed by atoms with van der Waals surface area (Å²) in [5.74, 6) is -0.772. The fourth-order valence-corrected chi connectivity index (χ4v) is 10.2. The van der Waals surface area contributed by atoms with Crippen LogP contribution in [0, 0.1) is 68.0 Å². The Morgan fingerprint density at radius 1 is 1.00 bits per heavy atom. The summed E-state index contributed by atoms with van der Waals surface area (Å²) < 4.78 is 5.40. The SMILES string of the molecule is COC(=O)[C@]12CCC(C)(C)CC1C1C(=O)C=C3[C@@]4(C)CC(C#N)C(=O)[C@@H](C)[C@@H]4CC[C@@]3(C)[C@]1(C)CC2. The molecule has 0 heterocycles. The first kappa shape index (κ1) is 25.7.